The Kier molecular flexibility index (Phi) is 21.4. The Morgan fingerprint density at radius 3 is 0.760 bits per heavy atom. The van der Waals surface area contributed by atoms with Crippen molar-refractivity contribution in [2.45, 2.75) is 0 Å². The second-order valence-corrected chi connectivity index (χ2v) is 9.80. The Bertz CT molecular complexity index is 375. The van der Waals surface area contributed by atoms with E-state index >= 15 is 0 Å². The molecule has 9 nitrogen and oxygen atoms in total. The molecule has 25 heavy (non-hydrogen) atoms. The van der Waals surface area contributed by atoms with Crippen LogP contribution >= 0.6 is 0 Å². The van der Waals surface area contributed by atoms with E-state index in [2.05, 4.69) is 91.2 Å². The van der Waals surface area contributed by atoms with Gasteiger partial charge in [0, 0.05) is 10.4 Å². The number of carboxylic acid groups (broad SMARTS) is 1. The summed E-state index contributed by atoms with van der Waals surface area (Å²) in [6.45, 7) is 2.90. The summed E-state index contributed by atoms with van der Waals surface area (Å²) in [5.74, 6) is -1.23. The number of carboxylic acids is 1. The van der Waals surface area contributed by atoms with E-state index in [9.17, 15) is 0 Å². The molecule has 0 spiro atoms. The van der Waals surface area contributed by atoms with Crippen LogP contribution in [0.4, 0.5) is 0 Å². The zero-order valence-electron chi connectivity index (χ0n) is 18.0. The van der Waals surface area contributed by atoms with Crippen LogP contribution < -0.4 is 5.11 Å². The number of rotatable bonds is 1. The average Bonchev–Trinajstić information content (AvgIpc) is 2.05. The Hall–Kier alpha value is -1.04. The zero-order valence-corrected chi connectivity index (χ0v) is 18.8. The summed E-state index contributed by atoms with van der Waals surface area (Å²) in [4.78, 5) is 9.14. The maximum atomic E-state index is 9.14. The van der Waals surface area contributed by atoms with Crippen LogP contribution in [0.3, 0.4) is 0 Å². The smallest absolute Gasteiger partial charge is 0.0675 e. The van der Waals surface area contributed by atoms with Crippen LogP contribution in [0.25, 0.3) is 0 Å². The summed E-state index contributed by atoms with van der Waals surface area (Å²) < 4.78 is 37.1. The largest absolute Gasteiger partial charge is 0.759 e. The maximum Gasteiger partial charge on any atom is 0.0675 e. The summed E-state index contributed by atoms with van der Waals surface area (Å²) in [6.07, 6.45) is 0.722. The van der Waals surface area contributed by atoms with E-state index < -0.39 is 16.4 Å². The normalized spacial score (nSPS) is 10.8. The lowest BCUT2D eigenvalue weighted by Crippen LogP contribution is -2.27. The van der Waals surface area contributed by atoms with Gasteiger partial charge >= 0.3 is 0 Å². The van der Waals surface area contributed by atoms with Crippen LogP contribution in [0.1, 0.15) is 0 Å². The molecule has 0 aromatic heterocycles. The molecule has 0 atom stereocenters. The molecule has 0 N–H and O–H groups in total. The number of nitrogens with zero attached hydrogens (tertiary/aromatic N) is 3. The molecular weight excluding hydrogens is 350 g/mol. The van der Waals surface area contributed by atoms with E-state index in [0.717, 1.165) is 19.5 Å². The van der Waals surface area contributed by atoms with Crippen molar-refractivity contribution in [1.29, 1.82) is 0 Å². The molecular formula is C15H39N3O6S. The van der Waals surface area contributed by atoms with Crippen LogP contribution in [0.2, 0.25) is 0 Å². The molecule has 0 saturated heterocycles. The first-order valence-electron chi connectivity index (χ1n) is 7.14. The maximum absolute atomic E-state index is 9.14. The van der Waals surface area contributed by atoms with Gasteiger partial charge < -0.3 is 32.5 Å². The van der Waals surface area contributed by atoms with E-state index in [0.29, 0.717) is 0 Å². The predicted octanol–water partition coefficient (Wildman–Crippen LogP) is -1.45. The lowest BCUT2D eigenvalue weighted by atomic mass is 10.7. The molecule has 0 aromatic carbocycles. The molecule has 0 rings (SSSR count). The molecule has 0 fully saturated rings. The van der Waals surface area contributed by atoms with Gasteiger partial charge in [0.1, 0.15) is 0 Å². The lowest BCUT2D eigenvalue weighted by Gasteiger charge is -2.14. The SMILES string of the molecule is C=CC(=O)[O-].C[N+](C)(C)C.C[N+](C)(C)C.C[N+](C)(C)C.O=S(=O)([O-])[O-]. The van der Waals surface area contributed by atoms with E-state index in [1.165, 1.54) is 0 Å². The topological polar surface area (TPSA) is 120 Å². The second kappa shape index (κ2) is 15.2. The third-order valence-electron chi connectivity index (χ3n) is 0.167. The summed E-state index contributed by atoms with van der Waals surface area (Å²) in [5, 5.41) is 9.14. The quantitative estimate of drug-likeness (QED) is 0.234. The van der Waals surface area contributed by atoms with Crippen molar-refractivity contribution in [1.82, 2.24) is 0 Å². The van der Waals surface area contributed by atoms with Gasteiger partial charge in [-0.2, -0.15) is 0 Å². The van der Waals surface area contributed by atoms with Crippen molar-refractivity contribution in [2.24, 2.45) is 0 Å². The molecule has 0 saturated carbocycles. The Morgan fingerprint density at radius 1 is 0.720 bits per heavy atom. The van der Waals surface area contributed by atoms with E-state index in [-0.39, 0.29) is 0 Å². The average molecular weight is 390 g/mol. The highest BCUT2D eigenvalue weighted by molar-refractivity contribution is 7.79. The summed E-state index contributed by atoms with van der Waals surface area (Å²) in [6, 6.07) is 0. The zero-order chi connectivity index (χ0) is 22.3. The van der Waals surface area contributed by atoms with E-state index in [4.69, 9.17) is 27.4 Å². The molecule has 0 amide bonds. The fraction of sp³-hybridized carbons (Fsp3) is 0.800. The number of carbonyl (C=O) groups excluding carboxylic acids is 1. The molecule has 0 aliphatic carbocycles. The van der Waals surface area contributed by atoms with Gasteiger partial charge in [0.2, 0.25) is 0 Å². The summed E-state index contributed by atoms with van der Waals surface area (Å²) >= 11 is 0. The highest BCUT2D eigenvalue weighted by Crippen LogP contribution is 1.74. The highest BCUT2D eigenvalue weighted by atomic mass is 32.3. The van der Waals surface area contributed by atoms with Crippen molar-refractivity contribution >= 4 is 16.4 Å². The third kappa shape index (κ3) is 10900. The Balaban J connectivity index is -0.0000000667. The molecule has 0 aliphatic rings. The number of hydrogen-bond acceptors (Lipinski definition) is 6. The molecule has 0 heterocycles. The van der Waals surface area contributed by atoms with Gasteiger partial charge in [-0.1, -0.05) is 6.58 Å². The first-order chi connectivity index (χ1) is 10.3. The van der Waals surface area contributed by atoms with Gasteiger partial charge in [0.15, 0.2) is 0 Å². The van der Waals surface area contributed by atoms with Crippen LogP contribution in [-0.4, -0.2) is 122 Å². The highest BCUT2D eigenvalue weighted by Gasteiger charge is 1.89. The van der Waals surface area contributed by atoms with E-state index in [1.807, 2.05) is 0 Å². The predicted molar refractivity (Wildman–Crippen MR) is 97.5 cm³/mol. The minimum absolute atomic E-state index is 0.722. The number of quaternary nitrogens is 3. The summed E-state index contributed by atoms with van der Waals surface area (Å²) in [7, 11) is 20.3. The summed E-state index contributed by atoms with van der Waals surface area (Å²) in [5.41, 5.74) is 0. The molecule has 0 aromatic rings. The van der Waals surface area contributed by atoms with E-state index in [1.54, 1.807) is 0 Å². The van der Waals surface area contributed by atoms with Crippen molar-refractivity contribution < 1.29 is 40.9 Å². The molecule has 0 radical (unpaired) electrons. The molecule has 0 bridgehead atoms. The van der Waals surface area contributed by atoms with Gasteiger partial charge in [-0.15, -0.1) is 0 Å². The minimum Gasteiger partial charge on any atom is -0.759 e. The van der Waals surface area contributed by atoms with Gasteiger partial charge in [0.25, 0.3) is 0 Å². The molecule has 0 unspecified atom stereocenters. The molecule has 0 aliphatic heterocycles. The molecule has 156 valence electrons. The lowest BCUT2D eigenvalue weighted by molar-refractivity contribution is -0.849. The first-order valence-corrected chi connectivity index (χ1v) is 8.47. The van der Waals surface area contributed by atoms with Gasteiger partial charge in [-0.3, -0.25) is 8.42 Å². The van der Waals surface area contributed by atoms with Crippen molar-refractivity contribution in [3.05, 3.63) is 12.7 Å². The van der Waals surface area contributed by atoms with Crippen molar-refractivity contribution in [3.63, 3.8) is 0 Å². The van der Waals surface area contributed by atoms with Crippen LogP contribution in [-0.2, 0) is 15.2 Å². The number of hydrogen-bond donors (Lipinski definition) is 0. The standard InChI is InChI=1S/3C4H12N.C3H4O2.H2O4S/c3*1-5(2,3)4;1-2-3(4)5;1-5(2,3)4/h3*1-4H3;2H,1H2,(H,4,5);(H2,1,2,3,4)/q3*+1;;/p-3. The first kappa shape index (κ1) is 35.1. The van der Waals surface area contributed by atoms with Crippen molar-refractivity contribution in [2.75, 3.05) is 84.6 Å². The number of carbonyl (C=O) groups is 1. The van der Waals surface area contributed by atoms with Crippen LogP contribution in [0, 0.1) is 0 Å². The third-order valence-corrected chi connectivity index (χ3v) is 0.167. The monoisotopic (exact) mass is 389 g/mol. The fourth-order valence-electron chi connectivity index (χ4n) is 0. The Morgan fingerprint density at radius 2 is 0.760 bits per heavy atom. The second-order valence-electron chi connectivity index (χ2n) is 8.98. The van der Waals surface area contributed by atoms with Gasteiger partial charge in [-0.05, 0) is 6.08 Å². The van der Waals surface area contributed by atoms with Gasteiger partial charge in [-0.25, -0.2) is 0 Å². The number of aliphatic carboxylic acids is 1. The van der Waals surface area contributed by atoms with Crippen molar-refractivity contribution in [3.8, 4) is 0 Å². The van der Waals surface area contributed by atoms with Crippen LogP contribution in [0.5, 0.6) is 0 Å². The Labute approximate surface area is 155 Å². The fourth-order valence-corrected chi connectivity index (χ4v) is 0. The van der Waals surface area contributed by atoms with Gasteiger partial charge in [0.05, 0.1) is 90.5 Å². The van der Waals surface area contributed by atoms with Crippen LogP contribution in [0.15, 0.2) is 12.7 Å². The molecule has 10 heteroatoms. The minimum atomic E-state index is -5.17.